The third-order valence-corrected chi connectivity index (χ3v) is 10.9. The van der Waals surface area contributed by atoms with Crippen molar-refractivity contribution in [1.29, 1.82) is 0 Å². The maximum absolute atomic E-state index is 12.3. The molecule has 4 aliphatic carbocycles. The fourth-order valence-electron chi connectivity index (χ4n) is 9.08. The van der Waals surface area contributed by atoms with Crippen molar-refractivity contribution in [2.24, 2.45) is 46.3 Å². The van der Waals surface area contributed by atoms with Gasteiger partial charge in [-0.05, 0) is 124 Å². The molecule has 4 fully saturated rings. The Morgan fingerprint density at radius 1 is 1.00 bits per heavy atom. The molecule has 172 valence electrons. The van der Waals surface area contributed by atoms with Crippen molar-refractivity contribution in [3.8, 4) is 0 Å². The molecule has 0 heterocycles. The predicted octanol–water partition coefficient (Wildman–Crippen LogP) is 5.76. The van der Waals surface area contributed by atoms with Crippen molar-refractivity contribution in [3.63, 3.8) is 0 Å². The molecular formula is C27H46O3. The lowest BCUT2D eigenvalue weighted by Gasteiger charge is -2.61. The number of hydrogen-bond donors (Lipinski definition) is 2. The van der Waals surface area contributed by atoms with E-state index >= 15 is 0 Å². The molecule has 4 aliphatic rings. The summed E-state index contributed by atoms with van der Waals surface area (Å²) in [6, 6.07) is 0. The summed E-state index contributed by atoms with van der Waals surface area (Å²) in [5.74, 6) is 4.57. The number of hydrogen-bond acceptors (Lipinski definition) is 3. The van der Waals surface area contributed by atoms with Crippen LogP contribution in [0.4, 0.5) is 0 Å². The van der Waals surface area contributed by atoms with Crippen LogP contribution in [-0.4, -0.2) is 27.7 Å². The van der Waals surface area contributed by atoms with Gasteiger partial charge in [0.2, 0.25) is 0 Å². The second-order valence-electron chi connectivity index (χ2n) is 12.8. The van der Waals surface area contributed by atoms with Crippen LogP contribution in [0, 0.1) is 46.3 Å². The summed E-state index contributed by atoms with van der Waals surface area (Å²) in [6.07, 6.45) is 12.7. The molecule has 3 heteroatoms. The average molecular weight is 419 g/mol. The first kappa shape index (κ1) is 22.8. The van der Waals surface area contributed by atoms with Crippen LogP contribution in [0.2, 0.25) is 0 Å². The molecule has 2 unspecified atom stereocenters. The second kappa shape index (κ2) is 7.87. The summed E-state index contributed by atoms with van der Waals surface area (Å²) in [7, 11) is 0. The largest absolute Gasteiger partial charge is 0.393 e. The van der Waals surface area contributed by atoms with Crippen LogP contribution in [0.5, 0.6) is 0 Å². The van der Waals surface area contributed by atoms with Gasteiger partial charge in [-0.1, -0.05) is 20.8 Å². The minimum Gasteiger partial charge on any atom is -0.393 e. The van der Waals surface area contributed by atoms with E-state index in [1.807, 2.05) is 0 Å². The van der Waals surface area contributed by atoms with E-state index in [2.05, 4.69) is 20.8 Å². The van der Waals surface area contributed by atoms with Crippen molar-refractivity contribution in [2.75, 3.05) is 0 Å². The van der Waals surface area contributed by atoms with Gasteiger partial charge in [0.25, 0.3) is 0 Å². The first-order valence-electron chi connectivity index (χ1n) is 12.9. The second-order valence-corrected chi connectivity index (χ2v) is 12.8. The molecule has 0 aromatic heterocycles. The number of carbonyl (C=O) groups excluding carboxylic acids is 1. The number of fused-ring (bicyclic) bond motifs is 5. The maximum Gasteiger partial charge on any atom is 0.163 e. The Bertz CT molecular complexity index is 651. The summed E-state index contributed by atoms with van der Waals surface area (Å²) >= 11 is 0. The van der Waals surface area contributed by atoms with Crippen LogP contribution < -0.4 is 0 Å². The summed E-state index contributed by atoms with van der Waals surface area (Å²) in [6.45, 7) is 10.8. The molecule has 4 rings (SSSR count). The Morgan fingerprint density at radius 2 is 1.67 bits per heavy atom. The number of carbonyl (C=O) groups is 1. The molecule has 30 heavy (non-hydrogen) atoms. The molecule has 0 saturated heterocycles. The Morgan fingerprint density at radius 3 is 2.37 bits per heavy atom. The maximum atomic E-state index is 12.3. The lowest BCUT2D eigenvalue weighted by Crippen LogP contribution is -2.54. The Hall–Kier alpha value is -0.410. The molecular weight excluding hydrogens is 372 g/mol. The molecule has 0 spiro atoms. The minimum atomic E-state index is -1.19. The fourth-order valence-corrected chi connectivity index (χ4v) is 9.08. The number of Topliss-reactive ketones (excluding diaryl/α,β-unsaturated/α-hetero) is 1. The standard InChI is InChI=1S/C27H46O3/c1-17(6-11-24(29)25(2,3)30)21-9-10-22-20-8-7-18-16-19(28)12-14-26(18,4)23(20)13-15-27(21,22)5/h17-23,28,30H,6-16H2,1-5H3/t17-,18?,19?,20+,21-,22+,23+,26+,27-/m1/s1. The van der Waals surface area contributed by atoms with Crippen molar-refractivity contribution in [3.05, 3.63) is 0 Å². The highest BCUT2D eigenvalue weighted by atomic mass is 16.3. The van der Waals surface area contributed by atoms with Gasteiger partial charge in [0.05, 0.1) is 6.10 Å². The van der Waals surface area contributed by atoms with Gasteiger partial charge in [0.1, 0.15) is 5.60 Å². The van der Waals surface area contributed by atoms with Gasteiger partial charge in [-0.3, -0.25) is 4.79 Å². The van der Waals surface area contributed by atoms with Gasteiger partial charge in [-0.25, -0.2) is 0 Å². The van der Waals surface area contributed by atoms with E-state index in [0.717, 1.165) is 48.9 Å². The average Bonchev–Trinajstić information content (AvgIpc) is 3.03. The molecule has 9 atom stereocenters. The quantitative estimate of drug-likeness (QED) is 0.596. The molecule has 3 nitrogen and oxygen atoms in total. The lowest BCUT2D eigenvalue weighted by atomic mass is 9.44. The molecule has 0 radical (unpaired) electrons. The van der Waals surface area contributed by atoms with Gasteiger partial charge in [0.15, 0.2) is 5.78 Å². The first-order chi connectivity index (χ1) is 14.0. The monoisotopic (exact) mass is 418 g/mol. The molecule has 0 aliphatic heterocycles. The van der Waals surface area contributed by atoms with Crippen LogP contribution in [-0.2, 0) is 4.79 Å². The highest BCUT2D eigenvalue weighted by Crippen LogP contribution is 2.68. The Labute approximate surface area is 184 Å². The van der Waals surface area contributed by atoms with Crippen LogP contribution in [0.3, 0.4) is 0 Å². The number of ketones is 1. The molecule has 4 saturated carbocycles. The Kier molecular flexibility index (Phi) is 5.97. The van der Waals surface area contributed by atoms with Crippen LogP contribution in [0.15, 0.2) is 0 Å². The van der Waals surface area contributed by atoms with Crippen molar-refractivity contribution in [2.45, 2.75) is 117 Å². The zero-order valence-corrected chi connectivity index (χ0v) is 20.1. The summed E-state index contributed by atoms with van der Waals surface area (Å²) in [4.78, 5) is 12.3. The van der Waals surface area contributed by atoms with Gasteiger partial charge in [-0.15, -0.1) is 0 Å². The van der Waals surface area contributed by atoms with Gasteiger partial charge in [-0.2, -0.15) is 0 Å². The van der Waals surface area contributed by atoms with Gasteiger partial charge in [0, 0.05) is 6.42 Å². The number of aliphatic hydroxyl groups excluding tert-OH is 1. The van der Waals surface area contributed by atoms with Crippen molar-refractivity contribution >= 4 is 5.78 Å². The van der Waals surface area contributed by atoms with E-state index in [1.165, 1.54) is 44.9 Å². The molecule has 0 aromatic rings. The molecule has 2 N–H and O–H groups in total. The number of aliphatic hydroxyl groups is 2. The Balaban J connectivity index is 1.45. The highest BCUT2D eigenvalue weighted by molar-refractivity contribution is 5.86. The van der Waals surface area contributed by atoms with E-state index in [-0.39, 0.29) is 11.9 Å². The van der Waals surface area contributed by atoms with E-state index in [4.69, 9.17) is 0 Å². The number of rotatable bonds is 5. The molecule has 0 aromatic carbocycles. The van der Waals surface area contributed by atoms with Crippen molar-refractivity contribution < 1.29 is 15.0 Å². The molecule has 0 bridgehead atoms. The van der Waals surface area contributed by atoms with E-state index in [9.17, 15) is 15.0 Å². The topological polar surface area (TPSA) is 57.5 Å². The van der Waals surface area contributed by atoms with E-state index < -0.39 is 5.60 Å². The van der Waals surface area contributed by atoms with Crippen LogP contribution in [0.25, 0.3) is 0 Å². The van der Waals surface area contributed by atoms with Crippen LogP contribution in [0.1, 0.15) is 105 Å². The highest BCUT2D eigenvalue weighted by Gasteiger charge is 2.60. The lowest BCUT2D eigenvalue weighted by molar-refractivity contribution is -0.135. The first-order valence-corrected chi connectivity index (χ1v) is 12.9. The zero-order valence-electron chi connectivity index (χ0n) is 20.1. The SMILES string of the molecule is C[C@H](CCC(=O)C(C)(C)O)[C@H]1CC[C@H]2[C@@H]3CCC4CC(O)CC[C@]4(C)[C@H]3CC[C@]12C. The van der Waals surface area contributed by atoms with Crippen molar-refractivity contribution in [1.82, 2.24) is 0 Å². The smallest absolute Gasteiger partial charge is 0.163 e. The summed E-state index contributed by atoms with van der Waals surface area (Å²) in [5.41, 5.74) is -0.316. The van der Waals surface area contributed by atoms with Gasteiger partial charge < -0.3 is 10.2 Å². The third-order valence-electron chi connectivity index (χ3n) is 10.9. The minimum absolute atomic E-state index is 0.0107. The third kappa shape index (κ3) is 3.70. The van der Waals surface area contributed by atoms with Crippen LogP contribution >= 0.6 is 0 Å². The van der Waals surface area contributed by atoms with E-state index in [0.29, 0.717) is 23.2 Å². The van der Waals surface area contributed by atoms with E-state index in [1.54, 1.807) is 13.8 Å². The normalized spacial score (nSPS) is 47.2. The van der Waals surface area contributed by atoms with Gasteiger partial charge >= 0.3 is 0 Å². The predicted molar refractivity (Wildman–Crippen MR) is 121 cm³/mol. The summed E-state index contributed by atoms with van der Waals surface area (Å²) < 4.78 is 0. The fraction of sp³-hybridized carbons (Fsp3) is 0.963. The molecule has 0 amide bonds. The summed E-state index contributed by atoms with van der Waals surface area (Å²) in [5, 5.41) is 20.2. The zero-order chi connectivity index (χ0) is 21.9.